The van der Waals surface area contributed by atoms with E-state index in [1.54, 1.807) is 34.6 Å². The molecule has 0 saturated carbocycles. The monoisotopic (exact) mass is 388 g/mol. The van der Waals surface area contributed by atoms with Crippen molar-refractivity contribution in [3.05, 3.63) is 29.8 Å². The second kappa shape index (κ2) is 9.28. The van der Waals surface area contributed by atoms with Crippen molar-refractivity contribution < 1.29 is 33.4 Å². The number of carbonyl (C=O) groups is 2. The van der Waals surface area contributed by atoms with E-state index < -0.39 is 31.6 Å². The van der Waals surface area contributed by atoms with Crippen molar-refractivity contribution in [2.75, 3.05) is 13.2 Å². The fourth-order valence-corrected chi connectivity index (χ4v) is 3.70. The van der Waals surface area contributed by atoms with Crippen molar-refractivity contribution in [2.45, 2.75) is 46.3 Å². The number of ether oxygens (including phenoxy) is 1. The third-order valence-corrected chi connectivity index (χ3v) is 5.24. The number of hydrogen-bond acceptors (Lipinski definition) is 6. The normalized spacial score (nSPS) is 13.2. The van der Waals surface area contributed by atoms with Gasteiger partial charge >= 0.3 is 20.0 Å². The highest BCUT2D eigenvalue weighted by molar-refractivity contribution is 7.68. The number of hydrogen-bond donors (Lipinski definition) is 3. The van der Waals surface area contributed by atoms with Gasteiger partial charge in [-0.15, -0.1) is 0 Å². The summed E-state index contributed by atoms with van der Waals surface area (Å²) in [5, 5.41) is 12.2. The smallest absolute Gasteiger partial charge is 0.446 e. The largest absolute Gasteiger partial charge is 0.479 e. The zero-order valence-corrected chi connectivity index (χ0v) is 16.6. The van der Waals surface area contributed by atoms with Crippen LogP contribution in [0.2, 0.25) is 0 Å². The minimum absolute atomic E-state index is 0.268. The van der Waals surface area contributed by atoms with E-state index in [2.05, 4.69) is 5.32 Å². The second-order valence-electron chi connectivity index (χ2n) is 6.36. The molecule has 0 unspecified atom stereocenters. The number of carboxylic acid groups (broad SMARTS) is 1. The molecule has 0 aliphatic heterocycles. The molecule has 1 aromatic carbocycles. The molecule has 0 bridgehead atoms. The maximum absolute atomic E-state index is 11.9. The lowest BCUT2D eigenvalue weighted by atomic mass is 10.1. The molecule has 0 spiro atoms. The van der Waals surface area contributed by atoms with Crippen molar-refractivity contribution >= 4 is 25.3 Å². The molecule has 1 amide bonds. The Hall–Kier alpha value is -1.73. The number of carboxylic acids is 1. The van der Waals surface area contributed by atoms with Gasteiger partial charge in [0.15, 0.2) is 11.3 Å². The van der Waals surface area contributed by atoms with Crippen LogP contribution in [0.5, 0.6) is 0 Å². The van der Waals surface area contributed by atoms with Gasteiger partial charge in [-0.3, -0.25) is 0 Å². The Morgan fingerprint density at radius 1 is 1.12 bits per heavy atom. The summed E-state index contributed by atoms with van der Waals surface area (Å²) >= 11 is 0. The van der Waals surface area contributed by atoms with E-state index >= 15 is 0 Å². The lowest BCUT2D eigenvalue weighted by Crippen LogP contribution is -2.38. The molecule has 8 nitrogen and oxygen atoms in total. The van der Waals surface area contributed by atoms with Gasteiger partial charge in [-0.2, -0.15) is 13.9 Å². The Bertz CT molecular complexity index is 607. The zero-order valence-electron chi connectivity index (χ0n) is 15.7. The molecule has 0 aliphatic rings. The summed E-state index contributed by atoms with van der Waals surface area (Å²) in [4.78, 5) is 34.0. The molecule has 1 aromatic rings. The van der Waals surface area contributed by atoms with Gasteiger partial charge in [-0.25, -0.2) is 9.59 Å². The summed E-state index contributed by atoms with van der Waals surface area (Å²) in [6, 6.07) is 4.76. The number of benzene rings is 1. The number of aliphatic carboxylic acids is 1. The SMILES string of the molecule is CCO[P+](O)(OCC)c1ccc([C@@H](NC(=O)OC(C)(C)C)C(=O)O)cc1. The summed E-state index contributed by atoms with van der Waals surface area (Å²) in [5.74, 6) is -1.23. The van der Waals surface area contributed by atoms with E-state index in [0.29, 0.717) is 10.9 Å². The van der Waals surface area contributed by atoms with Crippen molar-refractivity contribution in [1.29, 1.82) is 0 Å². The van der Waals surface area contributed by atoms with Crippen LogP contribution in [0.3, 0.4) is 0 Å². The molecule has 0 radical (unpaired) electrons. The number of rotatable bonds is 8. The Morgan fingerprint density at radius 3 is 2.00 bits per heavy atom. The van der Waals surface area contributed by atoms with Gasteiger partial charge in [-0.1, -0.05) is 12.1 Å². The van der Waals surface area contributed by atoms with Crippen LogP contribution in [-0.2, 0) is 18.6 Å². The fraction of sp³-hybridized carbons (Fsp3) is 0.529. The van der Waals surface area contributed by atoms with Crippen molar-refractivity contribution in [3.63, 3.8) is 0 Å². The van der Waals surface area contributed by atoms with Crippen LogP contribution in [0.1, 0.15) is 46.2 Å². The summed E-state index contributed by atoms with van der Waals surface area (Å²) < 4.78 is 15.8. The zero-order chi connectivity index (χ0) is 20.0. The van der Waals surface area contributed by atoms with Crippen LogP contribution < -0.4 is 10.6 Å². The first-order valence-electron chi connectivity index (χ1n) is 8.26. The molecular weight excluding hydrogens is 361 g/mol. The molecule has 0 saturated heterocycles. The third-order valence-electron chi connectivity index (χ3n) is 3.07. The average Bonchev–Trinajstić information content (AvgIpc) is 2.51. The van der Waals surface area contributed by atoms with Crippen molar-refractivity contribution in [1.82, 2.24) is 5.32 Å². The van der Waals surface area contributed by atoms with Crippen LogP contribution in [0.15, 0.2) is 24.3 Å². The van der Waals surface area contributed by atoms with E-state index in [1.165, 1.54) is 24.3 Å². The van der Waals surface area contributed by atoms with Gasteiger partial charge in [0.05, 0.1) is 13.2 Å². The van der Waals surface area contributed by atoms with Crippen molar-refractivity contribution in [3.8, 4) is 0 Å². The summed E-state index contributed by atoms with van der Waals surface area (Å²) in [5.41, 5.74) is -0.417. The molecule has 0 aromatic heterocycles. The van der Waals surface area contributed by atoms with Gasteiger partial charge in [0.25, 0.3) is 0 Å². The summed E-state index contributed by atoms with van der Waals surface area (Å²) in [7, 11) is -3.21. The fourth-order valence-electron chi connectivity index (χ4n) is 2.10. The van der Waals surface area contributed by atoms with Gasteiger partial charge in [0, 0.05) is 0 Å². The first-order valence-corrected chi connectivity index (χ1v) is 9.84. The first-order chi connectivity index (χ1) is 12.0. The van der Waals surface area contributed by atoms with Gasteiger partial charge < -0.3 is 15.2 Å². The Morgan fingerprint density at radius 2 is 1.62 bits per heavy atom. The quantitative estimate of drug-likeness (QED) is 0.587. The molecule has 9 heteroatoms. The second-order valence-corrected chi connectivity index (χ2v) is 8.44. The molecule has 3 N–H and O–H groups in total. The number of nitrogens with one attached hydrogen (secondary N) is 1. The van der Waals surface area contributed by atoms with Crippen LogP contribution in [-0.4, -0.2) is 40.9 Å². The van der Waals surface area contributed by atoms with Gasteiger partial charge in [0.1, 0.15) is 5.60 Å². The highest BCUT2D eigenvalue weighted by Gasteiger charge is 2.43. The lowest BCUT2D eigenvalue weighted by Gasteiger charge is -2.22. The first kappa shape index (κ1) is 22.3. The summed E-state index contributed by atoms with van der Waals surface area (Å²) in [6.45, 7) is 9.07. The minimum Gasteiger partial charge on any atom is -0.479 e. The van der Waals surface area contributed by atoms with Crippen LogP contribution in [0.4, 0.5) is 4.79 Å². The highest BCUT2D eigenvalue weighted by Crippen LogP contribution is 2.55. The third kappa shape index (κ3) is 6.53. The molecule has 0 aliphatic carbocycles. The van der Waals surface area contributed by atoms with E-state index in [0.717, 1.165) is 0 Å². The maximum atomic E-state index is 11.9. The average molecular weight is 388 g/mol. The molecule has 26 heavy (non-hydrogen) atoms. The highest BCUT2D eigenvalue weighted by atomic mass is 31.2. The predicted octanol–water partition coefficient (Wildman–Crippen LogP) is 2.79. The van der Waals surface area contributed by atoms with E-state index in [4.69, 9.17) is 13.8 Å². The molecular formula is C17H27NO7P+. The van der Waals surface area contributed by atoms with E-state index in [1.807, 2.05) is 0 Å². The molecule has 146 valence electrons. The van der Waals surface area contributed by atoms with Crippen LogP contribution in [0.25, 0.3) is 0 Å². The number of carbonyl (C=O) groups excluding carboxylic acids is 1. The molecule has 0 fully saturated rings. The van der Waals surface area contributed by atoms with Gasteiger partial charge in [0.2, 0.25) is 0 Å². The standard InChI is InChI=1S/C17H26NO7P/c1-6-23-26(22,24-7-2)13-10-8-12(9-11-13)14(15(19)20)18-16(21)25-17(3,4)5/h8-11,14,22H,6-7H2,1-5H3,(H-,18,19,20,21)/p+1/t14-/m1/s1. The summed E-state index contributed by atoms with van der Waals surface area (Å²) in [6.07, 6.45) is -0.832. The Labute approximate surface area is 154 Å². The topological polar surface area (TPSA) is 114 Å². The van der Waals surface area contributed by atoms with E-state index in [-0.39, 0.29) is 13.2 Å². The number of amides is 1. The predicted molar refractivity (Wildman–Crippen MR) is 98.2 cm³/mol. The molecule has 1 atom stereocenters. The van der Waals surface area contributed by atoms with Crippen molar-refractivity contribution in [2.24, 2.45) is 0 Å². The van der Waals surface area contributed by atoms with Crippen LogP contribution in [0, 0.1) is 0 Å². The van der Waals surface area contributed by atoms with Crippen LogP contribution >= 0.6 is 7.94 Å². The van der Waals surface area contributed by atoms with E-state index in [9.17, 15) is 19.6 Å². The lowest BCUT2D eigenvalue weighted by molar-refractivity contribution is -0.139. The Balaban J connectivity index is 3.01. The maximum Gasteiger partial charge on any atom is 0.446 e. The molecule has 0 heterocycles. The number of alkyl carbamates (subject to hydrolysis) is 1. The van der Waals surface area contributed by atoms with Gasteiger partial charge in [-0.05, 0) is 52.3 Å². The molecule has 1 rings (SSSR count). The Kier molecular flexibility index (Phi) is 7.96. The minimum atomic E-state index is -3.21.